The topological polar surface area (TPSA) is 12.0 Å². The van der Waals surface area contributed by atoms with E-state index in [1.807, 2.05) is 0 Å². The van der Waals surface area contributed by atoms with Gasteiger partial charge in [-0.15, -0.1) is 0 Å². The average molecular weight is 241 g/mol. The van der Waals surface area contributed by atoms with E-state index in [2.05, 4.69) is 35.7 Å². The molecule has 1 fully saturated rings. The van der Waals surface area contributed by atoms with E-state index < -0.39 is 0 Å². The molecule has 96 valence electrons. The second kappa shape index (κ2) is 5.71. The Morgan fingerprint density at radius 3 is 2.83 bits per heavy atom. The normalized spacial score (nSPS) is 19.0. The molecule has 0 bridgehead atoms. The van der Waals surface area contributed by atoms with E-state index in [-0.39, 0.29) is 0 Å². The van der Waals surface area contributed by atoms with Crippen LogP contribution in [0.2, 0.25) is 0 Å². The molecular formula is C17H23N. The maximum absolute atomic E-state index is 3.61. The first kappa shape index (κ1) is 12.0. The molecule has 1 nitrogen and oxygen atoms in total. The van der Waals surface area contributed by atoms with Gasteiger partial charge in [-0.3, -0.25) is 0 Å². The molecule has 2 aliphatic rings. The highest BCUT2D eigenvalue weighted by molar-refractivity contribution is 5.33. The zero-order chi connectivity index (χ0) is 12.2. The van der Waals surface area contributed by atoms with Gasteiger partial charge in [0, 0.05) is 6.54 Å². The summed E-state index contributed by atoms with van der Waals surface area (Å²) in [5.41, 5.74) is 4.77. The minimum absolute atomic E-state index is 0.862. The smallest absolute Gasteiger partial charge is 0.0208 e. The molecule has 0 heterocycles. The van der Waals surface area contributed by atoms with Crippen LogP contribution in [0.15, 0.2) is 35.9 Å². The van der Waals surface area contributed by atoms with Crippen molar-refractivity contribution in [3.63, 3.8) is 0 Å². The molecule has 1 aromatic rings. The number of rotatable bonds is 6. The molecule has 1 aromatic carbocycles. The second-order valence-corrected chi connectivity index (χ2v) is 5.65. The fraction of sp³-hybridized carbons (Fsp3) is 0.529. The van der Waals surface area contributed by atoms with Crippen molar-refractivity contribution in [2.45, 2.75) is 51.0 Å². The van der Waals surface area contributed by atoms with Crippen molar-refractivity contribution in [2.75, 3.05) is 6.54 Å². The largest absolute Gasteiger partial charge is 0.312 e. The van der Waals surface area contributed by atoms with Crippen LogP contribution in [0.1, 0.15) is 55.6 Å². The van der Waals surface area contributed by atoms with Crippen molar-refractivity contribution >= 4 is 0 Å². The number of hydrogen-bond donors (Lipinski definition) is 1. The van der Waals surface area contributed by atoms with Gasteiger partial charge in [-0.1, -0.05) is 35.9 Å². The fourth-order valence-corrected chi connectivity index (χ4v) is 2.92. The lowest BCUT2D eigenvalue weighted by atomic mass is 10.0. The van der Waals surface area contributed by atoms with Crippen molar-refractivity contribution in [1.82, 2.24) is 5.32 Å². The maximum atomic E-state index is 3.61. The number of benzene rings is 1. The van der Waals surface area contributed by atoms with Crippen LogP contribution in [-0.2, 0) is 6.54 Å². The Hall–Kier alpha value is -1.08. The molecule has 0 spiro atoms. The highest BCUT2D eigenvalue weighted by Gasteiger charge is 2.25. The third-order valence-electron chi connectivity index (χ3n) is 4.15. The Balaban J connectivity index is 1.47. The quantitative estimate of drug-likeness (QED) is 0.582. The van der Waals surface area contributed by atoms with E-state index in [9.17, 15) is 0 Å². The van der Waals surface area contributed by atoms with E-state index in [0.29, 0.717) is 0 Å². The van der Waals surface area contributed by atoms with Gasteiger partial charge in [-0.25, -0.2) is 0 Å². The van der Waals surface area contributed by atoms with Crippen LogP contribution < -0.4 is 5.32 Å². The molecule has 0 unspecified atom stereocenters. The standard InChI is InChI=1S/C17H23N/c1-2-6-14(5-1)11-12-18-13-16-7-3-4-8-17(16)15-9-10-15/h3-5,7-8,15,18H,1-2,6,9-13H2. The van der Waals surface area contributed by atoms with E-state index in [1.165, 1.54) is 44.1 Å². The Kier molecular flexibility index (Phi) is 3.80. The lowest BCUT2D eigenvalue weighted by Gasteiger charge is -2.10. The van der Waals surface area contributed by atoms with Gasteiger partial charge in [-0.05, 0) is 62.1 Å². The summed E-state index contributed by atoms with van der Waals surface area (Å²) in [4.78, 5) is 0. The summed E-state index contributed by atoms with van der Waals surface area (Å²) in [6.07, 6.45) is 10.5. The molecule has 0 radical (unpaired) electrons. The fourth-order valence-electron chi connectivity index (χ4n) is 2.92. The van der Waals surface area contributed by atoms with Gasteiger partial charge in [0.2, 0.25) is 0 Å². The lowest BCUT2D eigenvalue weighted by Crippen LogP contribution is -2.16. The van der Waals surface area contributed by atoms with Gasteiger partial charge in [0.15, 0.2) is 0 Å². The minimum Gasteiger partial charge on any atom is -0.312 e. The van der Waals surface area contributed by atoms with Crippen molar-refractivity contribution in [3.8, 4) is 0 Å². The molecule has 1 saturated carbocycles. The highest BCUT2D eigenvalue weighted by Crippen LogP contribution is 2.41. The van der Waals surface area contributed by atoms with Crippen molar-refractivity contribution < 1.29 is 0 Å². The summed E-state index contributed by atoms with van der Waals surface area (Å²) in [6, 6.07) is 8.95. The Bertz CT molecular complexity index is 429. The monoisotopic (exact) mass is 241 g/mol. The summed E-state index contributed by atoms with van der Waals surface area (Å²) >= 11 is 0. The lowest BCUT2D eigenvalue weighted by molar-refractivity contribution is 0.672. The van der Waals surface area contributed by atoms with Crippen LogP contribution in [0.4, 0.5) is 0 Å². The highest BCUT2D eigenvalue weighted by atomic mass is 14.8. The third-order valence-corrected chi connectivity index (χ3v) is 4.15. The average Bonchev–Trinajstić information content (AvgIpc) is 3.12. The molecule has 0 saturated heterocycles. The molecular weight excluding hydrogens is 218 g/mol. The van der Waals surface area contributed by atoms with Gasteiger partial charge in [0.05, 0.1) is 0 Å². The first-order chi connectivity index (χ1) is 8.93. The second-order valence-electron chi connectivity index (χ2n) is 5.65. The molecule has 1 N–H and O–H groups in total. The SMILES string of the molecule is C1=C(CCNCc2ccccc2C2CC2)CCC1. The van der Waals surface area contributed by atoms with Crippen LogP contribution in [0.5, 0.6) is 0 Å². The molecule has 0 atom stereocenters. The summed E-state index contributed by atoms with van der Waals surface area (Å²) in [5.74, 6) is 0.862. The first-order valence-electron chi connectivity index (χ1n) is 7.40. The van der Waals surface area contributed by atoms with E-state index in [4.69, 9.17) is 0 Å². The molecule has 2 aliphatic carbocycles. The summed E-state index contributed by atoms with van der Waals surface area (Å²) in [7, 11) is 0. The Morgan fingerprint density at radius 1 is 1.17 bits per heavy atom. The van der Waals surface area contributed by atoms with E-state index in [0.717, 1.165) is 19.0 Å². The molecule has 3 rings (SSSR count). The van der Waals surface area contributed by atoms with Gasteiger partial charge in [0.1, 0.15) is 0 Å². The van der Waals surface area contributed by atoms with Gasteiger partial charge >= 0.3 is 0 Å². The molecule has 18 heavy (non-hydrogen) atoms. The molecule has 0 amide bonds. The van der Waals surface area contributed by atoms with Gasteiger partial charge in [0.25, 0.3) is 0 Å². The van der Waals surface area contributed by atoms with Crippen LogP contribution in [0, 0.1) is 0 Å². The minimum atomic E-state index is 0.862. The third kappa shape index (κ3) is 3.02. The number of nitrogens with one attached hydrogen (secondary N) is 1. The van der Waals surface area contributed by atoms with Crippen molar-refractivity contribution in [2.24, 2.45) is 0 Å². The predicted octanol–water partition coefficient (Wildman–Crippen LogP) is 4.15. The van der Waals surface area contributed by atoms with Crippen LogP contribution in [0.25, 0.3) is 0 Å². The van der Waals surface area contributed by atoms with Gasteiger partial charge < -0.3 is 5.32 Å². The van der Waals surface area contributed by atoms with Crippen LogP contribution in [-0.4, -0.2) is 6.54 Å². The number of hydrogen-bond acceptors (Lipinski definition) is 1. The zero-order valence-electron chi connectivity index (χ0n) is 11.1. The molecule has 1 heteroatoms. The molecule has 0 aromatic heterocycles. The predicted molar refractivity (Wildman–Crippen MR) is 76.7 cm³/mol. The Labute approximate surface area is 110 Å². The summed E-state index contributed by atoms with van der Waals surface area (Å²) < 4.78 is 0. The Morgan fingerprint density at radius 2 is 2.06 bits per heavy atom. The van der Waals surface area contributed by atoms with Gasteiger partial charge in [-0.2, -0.15) is 0 Å². The summed E-state index contributed by atoms with van der Waals surface area (Å²) in [5, 5.41) is 3.61. The summed E-state index contributed by atoms with van der Waals surface area (Å²) in [6.45, 7) is 2.17. The number of allylic oxidation sites excluding steroid dienone is 1. The van der Waals surface area contributed by atoms with E-state index in [1.54, 1.807) is 11.1 Å². The molecule has 0 aliphatic heterocycles. The van der Waals surface area contributed by atoms with Crippen LogP contribution in [0.3, 0.4) is 0 Å². The van der Waals surface area contributed by atoms with E-state index >= 15 is 0 Å². The van der Waals surface area contributed by atoms with Crippen LogP contribution >= 0.6 is 0 Å². The zero-order valence-corrected chi connectivity index (χ0v) is 11.1. The van der Waals surface area contributed by atoms with Crippen molar-refractivity contribution in [3.05, 3.63) is 47.0 Å². The van der Waals surface area contributed by atoms with Crippen molar-refractivity contribution in [1.29, 1.82) is 0 Å². The maximum Gasteiger partial charge on any atom is 0.0208 e. The first-order valence-corrected chi connectivity index (χ1v) is 7.40.